The molecule has 0 radical (unpaired) electrons. The molecular formula is C15H18N4O3S. The molecule has 0 aliphatic carbocycles. The number of hydrogen-bond donors (Lipinski definition) is 0. The van der Waals surface area contributed by atoms with Crippen LogP contribution in [0.1, 0.15) is 12.8 Å². The highest BCUT2D eigenvalue weighted by Crippen LogP contribution is 2.25. The van der Waals surface area contributed by atoms with Crippen LogP contribution < -0.4 is 9.21 Å². The van der Waals surface area contributed by atoms with Crippen LogP contribution in [0.2, 0.25) is 0 Å². The first-order chi connectivity index (χ1) is 10.9. The molecule has 122 valence electrons. The first kappa shape index (κ1) is 15.5. The number of carbonyl (C=O) groups is 1. The zero-order valence-electron chi connectivity index (χ0n) is 13.0. The number of amides is 1. The molecule has 23 heavy (non-hydrogen) atoms. The van der Waals surface area contributed by atoms with Gasteiger partial charge in [0.1, 0.15) is 0 Å². The summed E-state index contributed by atoms with van der Waals surface area (Å²) in [6, 6.07) is 6.41. The van der Waals surface area contributed by atoms with E-state index in [2.05, 4.69) is 5.10 Å². The standard InChI is InChI=1S/C15H18N4O3S/c1-17-11-13(10-16-17)18(2)23(21,22)14-7-5-12(6-8-14)19-9-3-4-15(19)20/h5-8,10-11H,3-4,9H2,1-2H3. The van der Waals surface area contributed by atoms with Crippen molar-refractivity contribution in [1.29, 1.82) is 0 Å². The largest absolute Gasteiger partial charge is 0.312 e. The van der Waals surface area contributed by atoms with Crippen LogP contribution in [0.5, 0.6) is 0 Å². The van der Waals surface area contributed by atoms with Crippen LogP contribution in [0.3, 0.4) is 0 Å². The molecule has 1 saturated heterocycles. The average Bonchev–Trinajstić information content (AvgIpc) is 3.15. The van der Waals surface area contributed by atoms with Crippen molar-refractivity contribution in [3.8, 4) is 0 Å². The van der Waals surface area contributed by atoms with E-state index in [1.54, 1.807) is 35.0 Å². The second-order valence-electron chi connectivity index (χ2n) is 5.49. The Kier molecular flexibility index (Phi) is 3.85. The molecule has 1 aromatic heterocycles. The van der Waals surface area contributed by atoms with Crippen molar-refractivity contribution in [1.82, 2.24) is 9.78 Å². The van der Waals surface area contributed by atoms with Gasteiger partial charge in [0, 0.05) is 38.9 Å². The molecule has 2 heterocycles. The molecule has 1 aliphatic rings. The van der Waals surface area contributed by atoms with Gasteiger partial charge in [0.05, 0.1) is 16.8 Å². The number of rotatable bonds is 4. The van der Waals surface area contributed by atoms with E-state index in [-0.39, 0.29) is 10.8 Å². The summed E-state index contributed by atoms with van der Waals surface area (Å²) in [5, 5.41) is 3.99. The van der Waals surface area contributed by atoms with Gasteiger partial charge in [0.15, 0.2) is 0 Å². The van der Waals surface area contributed by atoms with E-state index in [1.807, 2.05) is 0 Å². The Morgan fingerprint density at radius 1 is 1.22 bits per heavy atom. The molecule has 0 saturated carbocycles. The molecule has 1 aromatic carbocycles. The number of nitrogens with zero attached hydrogens (tertiary/aromatic N) is 4. The van der Waals surface area contributed by atoms with E-state index < -0.39 is 10.0 Å². The molecule has 8 heteroatoms. The van der Waals surface area contributed by atoms with Crippen molar-refractivity contribution in [2.45, 2.75) is 17.7 Å². The minimum atomic E-state index is -3.66. The molecule has 0 unspecified atom stereocenters. The Hall–Kier alpha value is -2.35. The van der Waals surface area contributed by atoms with Crippen molar-refractivity contribution in [3.63, 3.8) is 0 Å². The summed E-state index contributed by atoms with van der Waals surface area (Å²) in [4.78, 5) is 13.6. The first-order valence-electron chi connectivity index (χ1n) is 7.27. The van der Waals surface area contributed by atoms with Crippen molar-refractivity contribution in [2.24, 2.45) is 7.05 Å². The summed E-state index contributed by atoms with van der Waals surface area (Å²) in [6.07, 6.45) is 4.51. The third-order valence-corrected chi connectivity index (χ3v) is 5.73. The lowest BCUT2D eigenvalue weighted by atomic mass is 10.3. The summed E-state index contributed by atoms with van der Waals surface area (Å²) in [5.41, 5.74) is 1.22. The van der Waals surface area contributed by atoms with E-state index in [1.165, 1.54) is 29.7 Å². The number of benzene rings is 1. The summed E-state index contributed by atoms with van der Waals surface area (Å²) in [7, 11) is -0.438. The van der Waals surface area contributed by atoms with Crippen LogP contribution in [0.15, 0.2) is 41.6 Å². The van der Waals surface area contributed by atoms with Crippen LogP contribution in [-0.2, 0) is 21.9 Å². The minimum absolute atomic E-state index is 0.0769. The number of hydrogen-bond acceptors (Lipinski definition) is 4. The Morgan fingerprint density at radius 3 is 2.43 bits per heavy atom. The van der Waals surface area contributed by atoms with Crippen molar-refractivity contribution >= 4 is 27.3 Å². The molecular weight excluding hydrogens is 316 g/mol. The second kappa shape index (κ2) is 5.69. The summed E-state index contributed by atoms with van der Waals surface area (Å²) in [6.45, 7) is 0.681. The second-order valence-corrected chi connectivity index (χ2v) is 7.46. The number of anilines is 2. The summed E-state index contributed by atoms with van der Waals surface area (Å²) >= 11 is 0. The Bertz CT molecular complexity index is 827. The van der Waals surface area contributed by atoms with Gasteiger partial charge in [0.25, 0.3) is 10.0 Å². The van der Waals surface area contributed by atoms with Gasteiger partial charge < -0.3 is 4.90 Å². The SMILES string of the molecule is CN(c1cnn(C)c1)S(=O)(=O)c1ccc(N2CCCC2=O)cc1. The van der Waals surface area contributed by atoms with Crippen molar-refractivity contribution in [3.05, 3.63) is 36.7 Å². The number of sulfonamides is 1. The zero-order valence-corrected chi connectivity index (χ0v) is 13.8. The van der Waals surface area contributed by atoms with E-state index >= 15 is 0 Å². The summed E-state index contributed by atoms with van der Waals surface area (Å²) in [5.74, 6) is 0.0769. The van der Waals surface area contributed by atoms with Gasteiger partial charge in [-0.05, 0) is 30.7 Å². The van der Waals surface area contributed by atoms with Gasteiger partial charge in [-0.2, -0.15) is 5.10 Å². The number of aromatic nitrogens is 2. The van der Waals surface area contributed by atoms with Crippen LogP contribution >= 0.6 is 0 Å². The maximum absolute atomic E-state index is 12.6. The van der Waals surface area contributed by atoms with Gasteiger partial charge in [0.2, 0.25) is 5.91 Å². The quantitative estimate of drug-likeness (QED) is 0.846. The maximum atomic E-state index is 12.6. The first-order valence-corrected chi connectivity index (χ1v) is 8.71. The molecule has 7 nitrogen and oxygen atoms in total. The Balaban J connectivity index is 1.87. The van der Waals surface area contributed by atoms with Gasteiger partial charge in [-0.1, -0.05) is 0 Å². The number of carbonyl (C=O) groups excluding carboxylic acids is 1. The van der Waals surface area contributed by atoms with Gasteiger partial charge >= 0.3 is 0 Å². The predicted octanol–water partition coefficient (Wildman–Crippen LogP) is 1.37. The third kappa shape index (κ3) is 2.81. The van der Waals surface area contributed by atoms with Crippen LogP contribution in [0.25, 0.3) is 0 Å². The fraction of sp³-hybridized carbons (Fsp3) is 0.333. The van der Waals surface area contributed by atoms with Crippen LogP contribution in [-0.4, -0.2) is 37.7 Å². The van der Waals surface area contributed by atoms with E-state index in [0.717, 1.165) is 12.1 Å². The van der Waals surface area contributed by atoms with Crippen LogP contribution in [0, 0.1) is 0 Å². The van der Waals surface area contributed by atoms with E-state index in [4.69, 9.17) is 0 Å². The monoisotopic (exact) mass is 334 g/mol. The van der Waals surface area contributed by atoms with Crippen LogP contribution in [0.4, 0.5) is 11.4 Å². The third-order valence-electron chi connectivity index (χ3n) is 3.94. The minimum Gasteiger partial charge on any atom is -0.312 e. The lowest BCUT2D eigenvalue weighted by Crippen LogP contribution is -2.27. The molecule has 1 amide bonds. The van der Waals surface area contributed by atoms with Gasteiger partial charge in [-0.25, -0.2) is 8.42 Å². The Morgan fingerprint density at radius 2 is 1.91 bits per heavy atom. The zero-order chi connectivity index (χ0) is 16.6. The fourth-order valence-electron chi connectivity index (χ4n) is 2.59. The molecule has 0 bridgehead atoms. The molecule has 0 atom stereocenters. The molecule has 0 N–H and O–H groups in total. The molecule has 3 rings (SSSR count). The normalized spacial score (nSPS) is 15.2. The fourth-order valence-corrected chi connectivity index (χ4v) is 3.76. The molecule has 2 aromatic rings. The highest BCUT2D eigenvalue weighted by atomic mass is 32.2. The number of aryl methyl sites for hydroxylation is 1. The maximum Gasteiger partial charge on any atom is 0.264 e. The molecule has 0 spiro atoms. The Labute approximate surface area is 135 Å². The van der Waals surface area contributed by atoms with E-state index in [0.29, 0.717) is 18.7 Å². The lowest BCUT2D eigenvalue weighted by molar-refractivity contribution is -0.117. The van der Waals surface area contributed by atoms with Crippen molar-refractivity contribution < 1.29 is 13.2 Å². The van der Waals surface area contributed by atoms with E-state index in [9.17, 15) is 13.2 Å². The topological polar surface area (TPSA) is 75.5 Å². The van der Waals surface area contributed by atoms with Gasteiger partial charge in [-0.15, -0.1) is 0 Å². The molecule has 1 aliphatic heterocycles. The highest BCUT2D eigenvalue weighted by molar-refractivity contribution is 7.92. The smallest absolute Gasteiger partial charge is 0.264 e. The average molecular weight is 334 g/mol. The lowest BCUT2D eigenvalue weighted by Gasteiger charge is -2.19. The van der Waals surface area contributed by atoms with Crippen molar-refractivity contribution in [2.75, 3.05) is 22.8 Å². The van der Waals surface area contributed by atoms with Gasteiger partial charge in [-0.3, -0.25) is 13.8 Å². The highest BCUT2D eigenvalue weighted by Gasteiger charge is 2.24. The summed E-state index contributed by atoms with van der Waals surface area (Å²) < 4.78 is 28.0. The molecule has 1 fully saturated rings. The predicted molar refractivity (Wildman–Crippen MR) is 86.8 cm³/mol.